The molecule has 1 aliphatic carbocycles. The second-order valence-corrected chi connectivity index (χ2v) is 7.42. The van der Waals surface area contributed by atoms with E-state index in [2.05, 4.69) is 4.98 Å². The summed E-state index contributed by atoms with van der Waals surface area (Å²) < 4.78 is 0. The Morgan fingerprint density at radius 1 is 1.43 bits per heavy atom. The highest BCUT2D eigenvalue weighted by Gasteiger charge is 2.44. The van der Waals surface area contributed by atoms with E-state index in [1.54, 1.807) is 11.1 Å². The fraction of sp³-hybridized carbons (Fsp3) is 0.588. The van der Waals surface area contributed by atoms with Gasteiger partial charge in [0.1, 0.15) is 11.9 Å². The fourth-order valence-electron chi connectivity index (χ4n) is 3.24. The first-order valence-corrected chi connectivity index (χ1v) is 8.06. The number of hydrogen-bond acceptors (Lipinski definition) is 3. The van der Waals surface area contributed by atoms with Crippen molar-refractivity contribution in [1.82, 2.24) is 9.88 Å². The van der Waals surface area contributed by atoms with Crippen LogP contribution in [0.15, 0.2) is 18.3 Å². The number of pyridine rings is 1. The van der Waals surface area contributed by atoms with Crippen LogP contribution in [0.1, 0.15) is 39.2 Å². The SMILES string of the molecule is CC(C)(C)N(C(=O)O)C1Cc2cccnc2N(CC2CC2)C1=O. The predicted molar refractivity (Wildman–Crippen MR) is 86.4 cm³/mol. The fourth-order valence-corrected chi connectivity index (χ4v) is 3.24. The van der Waals surface area contributed by atoms with Crippen molar-refractivity contribution in [2.45, 2.75) is 51.6 Å². The number of aromatic nitrogens is 1. The van der Waals surface area contributed by atoms with Gasteiger partial charge in [0, 0.05) is 24.7 Å². The molecule has 6 heteroatoms. The van der Waals surface area contributed by atoms with Gasteiger partial charge in [-0.15, -0.1) is 0 Å². The minimum absolute atomic E-state index is 0.152. The quantitative estimate of drug-likeness (QED) is 0.929. The number of carboxylic acid groups (broad SMARTS) is 1. The van der Waals surface area contributed by atoms with E-state index < -0.39 is 17.7 Å². The molecule has 124 valence electrons. The van der Waals surface area contributed by atoms with Crippen LogP contribution >= 0.6 is 0 Å². The zero-order chi connectivity index (χ0) is 16.8. The molecule has 23 heavy (non-hydrogen) atoms. The normalized spacial score (nSPS) is 21.1. The molecular formula is C17H23N3O3. The third-order valence-electron chi connectivity index (χ3n) is 4.47. The highest BCUT2D eigenvalue weighted by molar-refractivity contribution is 6.00. The van der Waals surface area contributed by atoms with E-state index in [-0.39, 0.29) is 5.91 Å². The van der Waals surface area contributed by atoms with Crippen LogP contribution in [0.4, 0.5) is 10.6 Å². The van der Waals surface area contributed by atoms with E-state index in [0.29, 0.717) is 24.7 Å². The molecule has 0 radical (unpaired) electrons. The number of hydrogen-bond donors (Lipinski definition) is 1. The standard InChI is InChI=1S/C17H23N3O3/c1-17(2,3)20(16(22)23)13-9-12-5-4-8-18-14(12)19(15(13)21)10-11-6-7-11/h4-5,8,11,13H,6-7,9-10H2,1-3H3,(H,22,23). The predicted octanol–water partition coefficient (Wildman–Crippen LogP) is 2.53. The molecule has 0 bridgehead atoms. The first-order chi connectivity index (χ1) is 10.8. The number of anilines is 1. The summed E-state index contributed by atoms with van der Waals surface area (Å²) in [4.78, 5) is 32.2. The molecule has 6 nitrogen and oxygen atoms in total. The van der Waals surface area contributed by atoms with E-state index in [0.717, 1.165) is 18.4 Å². The van der Waals surface area contributed by atoms with E-state index in [9.17, 15) is 14.7 Å². The van der Waals surface area contributed by atoms with Gasteiger partial charge in [0.05, 0.1) is 0 Å². The summed E-state index contributed by atoms with van der Waals surface area (Å²) in [5.41, 5.74) is 0.296. The molecule has 2 amide bonds. The first kappa shape index (κ1) is 15.8. The second-order valence-electron chi connectivity index (χ2n) is 7.42. The van der Waals surface area contributed by atoms with Crippen molar-refractivity contribution >= 4 is 17.8 Å². The van der Waals surface area contributed by atoms with Gasteiger partial charge in [-0.05, 0) is 51.2 Å². The Balaban J connectivity index is 1.99. The molecule has 1 saturated carbocycles. The van der Waals surface area contributed by atoms with Crippen LogP contribution in [0, 0.1) is 5.92 Å². The molecule has 2 aliphatic rings. The van der Waals surface area contributed by atoms with Crippen molar-refractivity contribution in [1.29, 1.82) is 0 Å². The average molecular weight is 317 g/mol. The summed E-state index contributed by atoms with van der Waals surface area (Å²) in [5, 5.41) is 9.65. The lowest BCUT2D eigenvalue weighted by atomic mass is 9.94. The van der Waals surface area contributed by atoms with Crippen LogP contribution < -0.4 is 4.90 Å². The van der Waals surface area contributed by atoms with Gasteiger partial charge in [0.15, 0.2) is 0 Å². The zero-order valence-electron chi connectivity index (χ0n) is 13.8. The average Bonchev–Trinajstić information content (AvgIpc) is 3.25. The number of carbonyl (C=O) groups is 2. The van der Waals surface area contributed by atoms with Gasteiger partial charge in [-0.25, -0.2) is 9.78 Å². The Hall–Kier alpha value is -2.11. The molecule has 1 unspecified atom stereocenters. The number of fused-ring (bicyclic) bond motifs is 1. The van der Waals surface area contributed by atoms with Crippen molar-refractivity contribution in [3.8, 4) is 0 Å². The molecule has 1 atom stereocenters. The summed E-state index contributed by atoms with van der Waals surface area (Å²) in [5.74, 6) is 1.06. The molecule has 1 aromatic rings. The molecule has 3 rings (SSSR count). The summed E-state index contributed by atoms with van der Waals surface area (Å²) in [6, 6.07) is 3.08. The number of amides is 2. The van der Waals surface area contributed by atoms with Crippen LogP contribution in [0.2, 0.25) is 0 Å². The monoisotopic (exact) mass is 317 g/mol. The van der Waals surface area contributed by atoms with Crippen molar-refractivity contribution in [2.75, 3.05) is 11.4 Å². The number of carbonyl (C=O) groups excluding carboxylic acids is 1. The maximum absolute atomic E-state index is 13.0. The lowest BCUT2D eigenvalue weighted by Crippen LogP contribution is -2.60. The second kappa shape index (κ2) is 5.51. The summed E-state index contributed by atoms with van der Waals surface area (Å²) in [6.07, 6.45) is 3.25. The Morgan fingerprint density at radius 2 is 2.13 bits per heavy atom. The molecule has 1 N–H and O–H groups in total. The highest BCUT2D eigenvalue weighted by Crippen LogP contribution is 2.36. The van der Waals surface area contributed by atoms with Crippen LogP contribution in [0.3, 0.4) is 0 Å². The van der Waals surface area contributed by atoms with Crippen molar-refractivity contribution in [3.05, 3.63) is 23.9 Å². The van der Waals surface area contributed by atoms with Gasteiger partial charge in [0.2, 0.25) is 0 Å². The molecule has 1 fully saturated rings. The van der Waals surface area contributed by atoms with Crippen LogP contribution in [0.5, 0.6) is 0 Å². The molecule has 0 saturated heterocycles. The number of nitrogens with zero attached hydrogens (tertiary/aromatic N) is 3. The molecule has 1 aliphatic heterocycles. The van der Waals surface area contributed by atoms with Gasteiger partial charge in [0.25, 0.3) is 5.91 Å². The molecule has 2 heterocycles. The molecule has 0 spiro atoms. The third-order valence-corrected chi connectivity index (χ3v) is 4.47. The third kappa shape index (κ3) is 3.02. The highest BCUT2D eigenvalue weighted by atomic mass is 16.4. The summed E-state index contributed by atoms with van der Waals surface area (Å²) in [6.45, 7) is 6.09. The van der Waals surface area contributed by atoms with Crippen molar-refractivity contribution in [3.63, 3.8) is 0 Å². The minimum atomic E-state index is -1.06. The maximum Gasteiger partial charge on any atom is 0.408 e. The lowest BCUT2D eigenvalue weighted by molar-refractivity contribution is -0.125. The van der Waals surface area contributed by atoms with Crippen LogP contribution in [-0.2, 0) is 11.2 Å². The maximum atomic E-state index is 13.0. The van der Waals surface area contributed by atoms with E-state index in [1.807, 2.05) is 32.9 Å². The number of rotatable bonds is 3. The lowest BCUT2D eigenvalue weighted by Gasteiger charge is -2.43. The molecule has 1 aromatic heterocycles. The van der Waals surface area contributed by atoms with E-state index in [1.165, 1.54) is 4.90 Å². The van der Waals surface area contributed by atoms with Crippen LogP contribution in [0.25, 0.3) is 0 Å². The Bertz CT molecular complexity index is 634. The van der Waals surface area contributed by atoms with Gasteiger partial charge >= 0.3 is 6.09 Å². The first-order valence-electron chi connectivity index (χ1n) is 8.06. The van der Waals surface area contributed by atoms with E-state index >= 15 is 0 Å². The molecular weight excluding hydrogens is 294 g/mol. The van der Waals surface area contributed by atoms with Crippen molar-refractivity contribution in [2.24, 2.45) is 5.92 Å². The van der Waals surface area contributed by atoms with Crippen LogP contribution in [-0.4, -0.2) is 45.1 Å². The summed E-state index contributed by atoms with van der Waals surface area (Å²) in [7, 11) is 0. The van der Waals surface area contributed by atoms with Gasteiger partial charge < -0.3 is 5.11 Å². The largest absolute Gasteiger partial charge is 0.465 e. The topological polar surface area (TPSA) is 73.7 Å². The zero-order valence-corrected chi connectivity index (χ0v) is 13.8. The molecule has 0 aromatic carbocycles. The van der Waals surface area contributed by atoms with Gasteiger partial charge in [-0.2, -0.15) is 0 Å². The summed E-state index contributed by atoms with van der Waals surface area (Å²) >= 11 is 0. The Kier molecular flexibility index (Phi) is 3.78. The smallest absolute Gasteiger partial charge is 0.408 e. The van der Waals surface area contributed by atoms with Gasteiger partial charge in [-0.3, -0.25) is 14.6 Å². The minimum Gasteiger partial charge on any atom is -0.465 e. The Labute approximate surface area is 136 Å². The Morgan fingerprint density at radius 3 is 2.70 bits per heavy atom. The van der Waals surface area contributed by atoms with Gasteiger partial charge in [-0.1, -0.05) is 6.07 Å². The van der Waals surface area contributed by atoms with Crippen molar-refractivity contribution < 1.29 is 14.7 Å². The van der Waals surface area contributed by atoms with E-state index in [4.69, 9.17) is 0 Å².